The summed E-state index contributed by atoms with van der Waals surface area (Å²) in [6.45, 7) is 0. The van der Waals surface area contributed by atoms with Crippen LogP contribution < -0.4 is 5.73 Å². The molecule has 0 bridgehead atoms. The van der Waals surface area contributed by atoms with E-state index in [9.17, 15) is 4.79 Å². The predicted molar refractivity (Wildman–Crippen MR) is 53.0 cm³/mol. The highest BCUT2D eigenvalue weighted by Crippen LogP contribution is 2.00. The van der Waals surface area contributed by atoms with Gasteiger partial charge in [-0.25, -0.2) is 4.79 Å². The maximum absolute atomic E-state index is 9.98. The molecule has 0 aliphatic heterocycles. The molecule has 0 saturated heterocycles. The summed E-state index contributed by atoms with van der Waals surface area (Å²) in [6, 6.07) is 10.0. The molecular formula is C10H13NO3. The Bertz CT molecular complexity index is 268. The second kappa shape index (κ2) is 7.79. The molecule has 3 N–H and O–H groups in total. The molecule has 0 radical (unpaired) electrons. The van der Waals surface area contributed by atoms with Gasteiger partial charge in [0.2, 0.25) is 0 Å². The van der Waals surface area contributed by atoms with Crippen molar-refractivity contribution in [1.29, 1.82) is 0 Å². The number of amides is 1. The number of carboxylic acid groups (broad SMARTS) is 1. The number of carbonyl (C=O) groups excluding carboxylic acids is 1. The summed E-state index contributed by atoms with van der Waals surface area (Å²) in [4.78, 5) is 18.8. The first kappa shape index (κ1) is 12.2. The minimum Gasteiger partial charge on any atom is -0.465 e. The standard InChI is InChI=1S/C9H10O.CH3NO2/c10-8-4-7-9-5-2-1-3-6-9;2-1(3)4/h1-3,5-6,8H,4,7H2;2H2,(H,3,4). The number of rotatable bonds is 3. The van der Waals surface area contributed by atoms with Gasteiger partial charge in [-0.1, -0.05) is 30.3 Å². The average Bonchev–Trinajstić information content (AvgIpc) is 2.15. The third-order valence-electron chi connectivity index (χ3n) is 1.39. The van der Waals surface area contributed by atoms with Crippen LogP contribution in [-0.2, 0) is 11.2 Å². The molecule has 1 aromatic rings. The van der Waals surface area contributed by atoms with Crippen LogP contribution in [-0.4, -0.2) is 17.5 Å². The molecule has 0 unspecified atom stereocenters. The van der Waals surface area contributed by atoms with E-state index in [1.165, 1.54) is 5.56 Å². The highest BCUT2D eigenvalue weighted by molar-refractivity contribution is 5.61. The summed E-state index contributed by atoms with van der Waals surface area (Å²) in [5.74, 6) is 0. The SMILES string of the molecule is NC(=O)O.O=CCCc1ccccc1. The molecule has 76 valence electrons. The van der Waals surface area contributed by atoms with Crippen molar-refractivity contribution in [2.45, 2.75) is 12.8 Å². The van der Waals surface area contributed by atoms with Crippen LogP contribution in [0.4, 0.5) is 4.79 Å². The van der Waals surface area contributed by atoms with Gasteiger partial charge in [-0.3, -0.25) is 0 Å². The Kier molecular flexibility index (Phi) is 6.77. The van der Waals surface area contributed by atoms with Crippen LogP contribution in [0.1, 0.15) is 12.0 Å². The van der Waals surface area contributed by atoms with Gasteiger partial charge in [0.25, 0.3) is 0 Å². The molecule has 0 atom stereocenters. The smallest absolute Gasteiger partial charge is 0.402 e. The normalized spacial score (nSPS) is 8.29. The quantitative estimate of drug-likeness (QED) is 0.716. The van der Waals surface area contributed by atoms with Crippen LogP contribution in [0, 0.1) is 0 Å². The molecule has 0 saturated carbocycles. The first-order chi connectivity index (χ1) is 6.66. The molecule has 0 heterocycles. The number of hydrogen-bond acceptors (Lipinski definition) is 2. The van der Waals surface area contributed by atoms with E-state index in [1.54, 1.807) is 0 Å². The van der Waals surface area contributed by atoms with Crippen LogP contribution in [0.3, 0.4) is 0 Å². The van der Waals surface area contributed by atoms with E-state index in [0.29, 0.717) is 6.42 Å². The van der Waals surface area contributed by atoms with Gasteiger partial charge in [0, 0.05) is 6.42 Å². The third-order valence-corrected chi connectivity index (χ3v) is 1.39. The maximum Gasteiger partial charge on any atom is 0.402 e. The monoisotopic (exact) mass is 195 g/mol. The van der Waals surface area contributed by atoms with Gasteiger partial charge in [0.1, 0.15) is 6.29 Å². The highest BCUT2D eigenvalue weighted by Gasteiger charge is 1.87. The lowest BCUT2D eigenvalue weighted by molar-refractivity contribution is -0.107. The molecular weight excluding hydrogens is 182 g/mol. The molecule has 0 aliphatic carbocycles. The van der Waals surface area contributed by atoms with E-state index in [-0.39, 0.29) is 0 Å². The Labute approximate surface area is 82.4 Å². The number of nitrogens with two attached hydrogens (primary N) is 1. The molecule has 0 aliphatic rings. The summed E-state index contributed by atoms with van der Waals surface area (Å²) < 4.78 is 0. The minimum absolute atomic E-state index is 0.629. The molecule has 14 heavy (non-hydrogen) atoms. The van der Waals surface area contributed by atoms with E-state index in [0.717, 1.165) is 12.7 Å². The van der Waals surface area contributed by atoms with Crippen molar-refractivity contribution in [3.05, 3.63) is 35.9 Å². The Morgan fingerprint density at radius 2 is 1.86 bits per heavy atom. The molecule has 4 heteroatoms. The van der Waals surface area contributed by atoms with Crippen LogP contribution in [0.2, 0.25) is 0 Å². The second-order valence-electron chi connectivity index (χ2n) is 2.53. The Balaban J connectivity index is 0.000000364. The maximum atomic E-state index is 9.98. The first-order valence-electron chi connectivity index (χ1n) is 4.12. The number of primary amides is 1. The number of hydrogen-bond donors (Lipinski definition) is 2. The van der Waals surface area contributed by atoms with Gasteiger partial charge in [0.15, 0.2) is 0 Å². The summed E-state index contributed by atoms with van der Waals surface area (Å²) in [6.07, 6.45) is 1.11. The summed E-state index contributed by atoms with van der Waals surface area (Å²) in [5.41, 5.74) is 5.26. The zero-order valence-electron chi connectivity index (χ0n) is 7.72. The van der Waals surface area contributed by atoms with Crippen molar-refractivity contribution in [3.8, 4) is 0 Å². The summed E-state index contributed by atoms with van der Waals surface area (Å²) in [5, 5.41) is 7.19. The molecule has 1 amide bonds. The van der Waals surface area contributed by atoms with Crippen molar-refractivity contribution >= 4 is 12.4 Å². The first-order valence-corrected chi connectivity index (χ1v) is 4.12. The van der Waals surface area contributed by atoms with Crippen molar-refractivity contribution < 1.29 is 14.7 Å². The van der Waals surface area contributed by atoms with Crippen LogP contribution in [0.5, 0.6) is 0 Å². The van der Waals surface area contributed by atoms with Gasteiger partial charge in [0.05, 0.1) is 0 Å². The second-order valence-corrected chi connectivity index (χ2v) is 2.53. The molecule has 0 aromatic heterocycles. The zero-order chi connectivity index (χ0) is 10.8. The largest absolute Gasteiger partial charge is 0.465 e. The van der Waals surface area contributed by atoms with E-state index in [4.69, 9.17) is 9.90 Å². The number of carbonyl (C=O) groups is 2. The van der Waals surface area contributed by atoms with Crippen molar-refractivity contribution in [3.63, 3.8) is 0 Å². The Hall–Kier alpha value is -1.84. The molecule has 1 rings (SSSR count). The van der Waals surface area contributed by atoms with Gasteiger partial charge in [-0.2, -0.15) is 0 Å². The lowest BCUT2D eigenvalue weighted by Gasteiger charge is -1.93. The number of benzene rings is 1. The lowest BCUT2D eigenvalue weighted by Crippen LogP contribution is -2.03. The third kappa shape index (κ3) is 8.26. The molecule has 1 aromatic carbocycles. The lowest BCUT2D eigenvalue weighted by atomic mass is 10.1. The van der Waals surface area contributed by atoms with Crippen LogP contribution >= 0.6 is 0 Å². The molecule has 4 nitrogen and oxygen atoms in total. The zero-order valence-corrected chi connectivity index (χ0v) is 7.72. The molecule has 0 fully saturated rings. The van der Waals surface area contributed by atoms with Crippen molar-refractivity contribution in [1.82, 2.24) is 0 Å². The fourth-order valence-corrected chi connectivity index (χ4v) is 0.870. The average molecular weight is 195 g/mol. The van der Waals surface area contributed by atoms with Crippen LogP contribution in [0.15, 0.2) is 30.3 Å². The summed E-state index contributed by atoms with van der Waals surface area (Å²) in [7, 11) is 0. The van der Waals surface area contributed by atoms with Gasteiger partial charge >= 0.3 is 6.09 Å². The van der Waals surface area contributed by atoms with Crippen molar-refractivity contribution in [2.24, 2.45) is 5.73 Å². The van der Waals surface area contributed by atoms with E-state index in [2.05, 4.69) is 5.73 Å². The van der Waals surface area contributed by atoms with E-state index >= 15 is 0 Å². The molecule has 0 spiro atoms. The number of aryl methyl sites for hydroxylation is 1. The van der Waals surface area contributed by atoms with Crippen molar-refractivity contribution in [2.75, 3.05) is 0 Å². The van der Waals surface area contributed by atoms with Gasteiger partial charge < -0.3 is 15.6 Å². The van der Waals surface area contributed by atoms with E-state index in [1.807, 2.05) is 30.3 Å². The van der Waals surface area contributed by atoms with Crippen LogP contribution in [0.25, 0.3) is 0 Å². The fraction of sp³-hybridized carbons (Fsp3) is 0.200. The van der Waals surface area contributed by atoms with Gasteiger partial charge in [-0.05, 0) is 12.0 Å². The Morgan fingerprint density at radius 3 is 2.29 bits per heavy atom. The topological polar surface area (TPSA) is 80.4 Å². The summed E-state index contributed by atoms with van der Waals surface area (Å²) >= 11 is 0. The fourth-order valence-electron chi connectivity index (χ4n) is 0.870. The Morgan fingerprint density at radius 1 is 1.36 bits per heavy atom. The predicted octanol–water partition coefficient (Wildman–Crippen LogP) is 1.44. The van der Waals surface area contributed by atoms with E-state index < -0.39 is 6.09 Å². The van der Waals surface area contributed by atoms with Gasteiger partial charge in [-0.15, -0.1) is 0 Å². The highest BCUT2D eigenvalue weighted by atomic mass is 16.4. The minimum atomic E-state index is -1.33. The number of aldehydes is 1.